The van der Waals surface area contributed by atoms with Gasteiger partial charge < -0.3 is 20.1 Å². The van der Waals surface area contributed by atoms with Crippen molar-refractivity contribution in [3.8, 4) is 0 Å². The summed E-state index contributed by atoms with van der Waals surface area (Å²) in [5, 5.41) is 4.29. The molecule has 0 unspecified atom stereocenters. The summed E-state index contributed by atoms with van der Waals surface area (Å²) in [6, 6.07) is 12.7. The molecule has 1 aromatic heterocycles. The van der Waals surface area contributed by atoms with E-state index in [0.717, 1.165) is 28.6 Å². The van der Waals surface area contributed by atoms with Crippen LogP contribution < -0.4 is 15.8 Å². The molecular formula is C23H28ClN4O2+. The van der Waals surface area contributed by atoms with E-state index in [0.29, 0.717) is 22.8 Å². The summed E-state index contributed by atoms with van der Waals surface area (Å²) in [5.74, 6) is 0. The molecule has 0 bridgehead atoms. The van der Waals surface area contributed by atoms with E-state index < -0.39 is 0 Å². The van der Waals surface area contributed by atoms with Crippen molar-refractivity contribution in [3.63, 3.8) is 0 Å². The number of pyridine rings is 1. The Hall–Kier alpha value is -2.83. The molecule has 0 radical (unpaired) electrons. The summed E-state index contributed by atoms with van der Waals surface area (Å²) in [6.07, 6.45) is 0. The van der Waals surface area contributed by atoms with Crippen LogP contribution in [0, 0.1) is 13.8 Å². The summed E-state index contributed by atoms with van der Waals surface area (Å²) in [7, 11) is 4.05. The van der Waals surface area contributed by atoms with Gasteiger partial charge in [-0.05, 0) is 60.7 Å². The maximum atomic E-state index is 13.0. The highest BCUT2D eigenvalue weighted by molar-refractivity contribution is 6.33. The van der Waals surface area contributed by atoms with Gasteiger partial charge in [0.15, 0.2) is 0 Å². The third-order valence-electron chi connectivity index (χ3n) is 5.18. The van der Waals surface area contributed by atoms with Crippen molar-refractivity contribution in [3.05, 3.63) is 74.5 Å². The Morgan fingerprint density at radius 2 is 1.83 bits per heavy atom. The van der Waals surface area contributed by atoms with Gasteiger partial charge in [0.2, 0.25) is 0 Å². The number of carbonyl (C=O) groups is 1. The highest BCUT2D eigenvalue weighted by Crippen LogP contribution is 2.21. The first-order valence-electron chi connectivity index (χ1n) is 9.97. The maximum Gasteiger partial charge on any atom is 0.322 e. The summed E-state index contributed by atoms with van der Waals surface area (Å²) in [6.45, 7) is 5.53. The quantitative estimate of drug-likeness (QED) is 0.566. The molecule has 0 fully saturated rings. The van der Waals surface area contributed by atoms with Gasteiger partial charge in [-0.2, -0.15) is 0 Å². The van der Waals surface area contributed by atoms with Gasteiger partial charge in [-0.25, -0.2) is 4.79 Å². The summed E-state index contributed by atoms with van der Waals surface area (Å²) in [5.41, 5.74) is 4.00. The summed E-state index contributed by atoms with van der Waals surface area (Å²) in [4.78, 5) is 31.5. The summed E-state index contributed by atoms with van der Waals surface area (Å²) < 4.78 is 0. The van der Waals surface area contributed by atoms with Crippen molar-refractivity contribution in [1.29, 1.82) is 0 Å². The second kappa shape index (κ2) is 9.32. The minimum absolute atomic E-state index is 0.182. The first-order chi connectivity index (χ1) is 14.2. The zero-order valence-electron chi connectivity index (χ0n) is 17.8. The van der Waals surface area contributed by atoms with E-state index in [1.54, 1.807) is 17.0 Å². The normalized spacial score (nSPS) is 11.1. The van der Waals surface area contributed by atoms with Gasteiger partial charge in [0.1, 0.15) is 0 Å². The van der Waals surface area contributed by atoms with Crippen molar-refractivity contribution in [2.75, 3.05) is 32.5 Å². The topological polar surface area (TPSA) is 69.6 Å². The first kappa shape index (κ1) is 21.9. The molecule has 30 heavy (non-hydrogen) atoms. The van der Waals surface area contributed by atoms with Crippen LogP contribution in [0.1, 0.15) is 16.7 Å². The molecule has 2 aromatic carbocycles. The molecule has 3 aromatic rings. The molecule has 0 saturated heterocycles. The second-order valence-corrected chi connectivity index (χ2v) is 8.34. The first-order valence-corrected chi connectivity index (χ1v) is 10.3. The predicted octanol–water partition coefficient (Wildman–Crippen LogP) is 2.98. The van der Waals surface area contributed by atoms with Gasteiger partial charge in [-0.1, -0.05) is 23.7 Å². The smallest absolute Gasteiger partial charge is 0.322 e. The van der Waals surface area contributed by atoms with E-state index in [1.165, 1.54) is 4.90 Å². The van der Waals surface area contributed by atoms with E-state index >= 15 is 0 Å². The standard InChI is InChI=1S/C23H27ClN4O2/c1-15-11-17-13-18(22(29)25-21(17)12-16(15)2)14-28(10-9-27(3)4)23(30)26-20-8-6-5-7-19(20)24/h5-8,11-13H,9-10,14H2,1-4H3,(H,25,29)(H,26,30)/p+1. The lowest BCUT2D eigenvalue weighted by Crippen LogP contribution is -3.06. The number of fused-ring (bicyclic) bond motifs is 1. The lowest BCUT2D eigenvalue weighted by atomic mass is 10.0. The van der Waals surface area contributed by atoms with Crippen LogP contribution in [0.5, 0.6) is 0 Å². The number of aromatic nitrogens is 1. The van der Waals surface area contributed by atoms with Gasteiger partial charge in [0, 0.05) is 11.1 Å². The zero-order valence-corrected chi connectivity index (χ0v) is 18.6. The van der Waals surface area contributed by atoms with Crippen LogP contribution in [0.3, 0.4) is 0 Å². The van der Waals surface area contributed by atoms with Crippen molar-refractivity contribution < 1.29 is 9.69 Å². The highest BCUT2D eigenvalue weighted by atomic mass is 35.5. The maximum absolute atomic E-state index is 13.0. The number of urea groups is 1. The van der Waals surface area contributed by atoms with Crippen molar-refractivity contribution in [2.24, 2.45) is 0 Å². The number of halogens is 1. The number of carbonyl (C=O) groups excluding carboxylic acids is 1. The van der Waals surface area contributed by atoms with Crippen LogP contribution in [-0.4, -0.2) is 43.1 Å². The molecule has 6 nitrogen and oxygen atoms in total. The Morgan fingerprint density at radius 1 is 1.13 bits per heavy atom. The summed E-state index contributed by atoms with van der Waals surface area (Å²) >= 11 is 6.19. The molecule has 0 aliphatic rings. The molecular weight excluding hydrogens is 400 g/mol. The molecule has 0 atom stereocenters. The monoisotopic (exact) mass is 427 g/mol. The SMILES string of the molecule is Cc1cc2cc(CN(CC[NH+](C)C)C(=O)Nc3ccccc3Cl)c(=O)[nH]c2cc1C. The number of para-hydroxylation sites is 1. The number of H-pyrrole nitrogens is 1. The van der Waals surface area contributed by atoms with Gasteiger partial charge in [-0.3, -0.25) is 4.79 Å². The van der Waals surface area contributed by atoms with Crippen LogP contribution in [0.2, 0.25) is 5.02 Å². The fourth-order valence-corrected chi connectivity index (χ4v) is 3.40. The van der Waals surface area contributed by atoms with E-state index in [2.05, 4.69) is 16.4 Å². The number of hydrogen-bond acceptors (Lipinski definition) is 2. The molecule has 2 amide bonds. The fourth-order valence-electron chi connectivity index (χ4n) is 3.21. The third kappa shape index (κ3) is 5.20. The van der Waals surface area contributed by atoms with Gasteiger partial charge >= 0.3 is 6.03 Å². The van der Waals surface area contributed by atoms with Crippen molar-refractivity contribution in [1.82, 2.24) is 9.88 Å². The molecule has 1 heterocycles. The van der Waals surface area contributed by atoms with E-state index in [1.807, 2.05) is 52.2 Å². The van der Waals surface area contributed by atoms with Crippen LogP contribution >= 0.6 is 11.6 Å². The van der Waals surface area contributed by atoms with Crippen molar-refractivity contribution in [2.45, 2.75) is 20.4 Å². The number of nitrogens with one attached hydrogen (secondary N) is 3. The van der Waals surface area contributed by atoms with E-state index in [9.17, 15) is 9.59 Å². The average molecular weight is 428 g/mol. The number of hydrogen-bond donors (Lipinski definition) is 3. The lowest BCUT2D eigenvalue weighted by Gasteiger charge is -2.24. The van der Waals surface area contributed by atoms with Crippen LogP contribution in [-0.2, 0) is 6.54 Å². The number of likely N-dealkylation sites (N-methyl/N-ethyl adjacent to an activating group) is 1. The lowest BCUT2D eigenvalue weighted by molar-refractivity contribution is -0.857. The van der Waals surface area contributed by atoms with Gasteiger partial charge in [-0.15, -0.1) is 0 Å². The number of quaternary nitrogens is 1. The number of amides is 2. The highest BCUT2D eigenvalue weighted by Gasteiger charge is 2.18. The van der Waals surface area contributed by atoms with Gasteiger partial charge in [0.25, 0.3) is 5.56 Å². The number of rotatable bonds is 6. The second-order valence-electron chi connectivity index (χ2n) is 7.94. The third-order valence-corrected chi connectivity index (χ3v) is 5.51. The van der Waals surface area contributed by atoms with E-state index in [4.69, 9.17) is 11.6 Å². The Balaban J connectivity index is 1.89. The van der Waals surface area contributed by atoms with E-state index in [-0.39, 0.29) is 18.1 Å². The zero-order chi connectivity index (χ0) is 21.8. The largest absolute Gasteiger partial charge is 0.338 e. The number of anilines is 1. The molecule has 3 N–H and O–H groups in total. The Kier molecular flexibility index (Phi) is 6.80. The van der Waals surface area contributed by atoms with Crippen LogP contribution in [0.4, 0.5) is 10.5 Å². The Labute approximate surface area is 181 Å². The number of nitrogens with zero attached hydrogens (tertiary/aromatic N) is 1. The molecule has 158 valence electrons. The molecule has 0 aliphatic heterocycles. The Bertz CT molecular complexity index is 1120. The number of benzene rings is 2. The molecule has 0 saturated carbocycles. The molecule has 0 aliphatic carbocycles. The number of aryl methyl sites for hydroxylation is 2. The minimum Gasteiger partial charge on any atom is -0.338 e. The van der Waals surface area contributed by atoms with Gasteiger partial charge in [0.05, 0.1) is 44.4 Å². The number of aromatic amines is 1. The van der Waals surface area contributed by atoms with Crippen molar-refractivity contribution >= 4 is 34.2 Å². The molecule has 7 heteroatoms. The Morgan fingerprint density at radius 3 is 2.53 bits per heavy atom. The van der Waals surface area contributed by atoms with Crippen LogP contribution in [0.15, 0.2) is 47.3 Å². The van der Waals surface area contributed by atoms with Crippen LogP contribution in [0.25, 0.3) is 10.9 Å². The predicted molar refractivity (Wildman–Crippen MR) is 123 cm³/mol. The molecule has 3 rings (SSSR count). The minimum atomic E-state index is -0.288. The molecule has 0 spiro atoms. The average Bonchev–Trinajstić information content (AvgIpc) is 2.68. The fraction of sp³-hybridized carbons (Fsp3) is 0.304.